The van der Waals surface area contributed by atoms with E-state index in [9.17, 15) is 18.0 Å². The van der Waals surface area contributed by atoms with Crippen molar-refractivity contribution < 1.29 is 23.1 Å². The monoisotopic (exact) mass is 225 g/mol. The van der Waals surface area contributed by atoms with Gasteiger partial charge in [-0.1, -0.05) is 0 Å². The molecule has 1 aromatic heterocycles. The topological polar surface area (TPSA) is 50.2 Å². The lowest BCUT2D eigenvalue weighted by Gasteiger charge is -2.03. The normalized spacial score (nSPS) is 10.6. The average Bonchev–Trinajstić information content (AvgIpc) is 2.08. The first-order valence-electron chi connectivity index (χ1n) is 3.31. The number of alkyl halides is 2. The Morgan fingerprint density at radius 3 is 2.57 bits per heavy atom. The Morgan fingerprint density at radius 1 is 1.57 bits per heavy atom. The predicted molar refractivity (Wildman–Crippen MR) is 41.0 cm³/mol. The maximum Gasteiger partial charge on any atom is 0.280 e. The number of nitrogens with zero attached hydrogens (tertiary/aromatic N) is 1. The van der Waals surface area contributed by atoms with E-state index in [4.69, 9.17) is 16.7 Å². The zero-order valence-corrected chi connectivity index (χ0v) is 7.23. The van der Waals surface area contributed by atoms with Crippen LogP contribution in [0.3, 0.4) is 0 Å². The first-order valence-corrected chi connectivity index (χ1v) is 3.68. The van der Waals surface area contributed by atoms with Gasteiger partial charge in [-0.25, -0.2) is 18.2 Å². The summed E-state index contributed by atoms with van der Waals surface area (Å²) in [5.74, 6) is -2.49. The highest BCUT2D eigenvalue weighted by atomic mass is 35.5. The van der Waals surface area contributed by atoms with E-state index in [1.807, 2.05) is 0 Å². The van der Waals surface area contributed by atoms with Crippen LogP contribution in [0.25, 0.3) is 0 Å². The smallest absolute Gasteiger partial charge is 0.280 e. The highest BCUT2D eigenvalue weighted by molar-refractivity contribution is 6.67. The van der Waals surface area contributed by atoms with Gasteiger partial charge in [-0.3, -0.25) is 4.79 Å². The summed E-state index contributed by atoms with van der Waals surface area (Å²) in [6.45, 7) is 0. The number of rotatable bonds is 2. The second-order valence-corrected chi connectivity index (χ2v) is 2.64. The minimum atomic E-state index is -3.04. The predicted octanol–water partition coefficient (Wildman–Crippen LogP) is 2.24. The van der Waals surface area contributed by atoms with E-state index in [1.165, 1.54) is 0 Å². The molecule has 0 aliphatic rings. The van der Waals surface area contributed by atoms with Crippen LogP contribution in [0.2, 0.25) is 0 Å². The first kappa shape index (κ1) is 10.8. The van der Waals surface area contributed by atoms with Crippen molar-refractivity contribution in [3.8, 4) is 5.75 Å². The van der Waals surface area contributed by atoms with E-state index in [0.29, 0.717) is 6.07 Å². The summed E-state index contributed by atoms with van der Waals surface area (Å²) in [5, 5.41) is 7.58. The second kappa shape index (κ2) is 3.83. The molecule has 0 spiro atoms. The van der Waals surface area contributed by atoms with E-state index >= 15 is 0 Å². The molecule has 0 atom stereocenters. The fourth-order valence-corrected chi connectivity index (χ4v) is 0.906. The van der Waals surface area contributed by atoms with Crippen molar-refractivity contribution in [2.24, 2.45) is 0 Å². The summed E-state index contributed by atoms with van der Waals surface area (Å²) >= 11 is 4.88. The van der Waals surface area contributed by atoms with Crippen LogP contribution in [0.15, 0.2) is 6.07 Å². The van der Waals surface area contributed by atoms with Crippen molar-refractivity contribution in [2.75, 3.05) is 0 Å². The Morgan fingerprint density at radius 2 is 2.14 bits per heavy atom. The highest BCUT2D eigenvalue weighted by Gasteiger charge is 2.20. The van der Waals surface area contributed by atoms with Crippen LogP contribution in [0.5, 0.6) is 5.75 Å². The third-order valence-corrected chi connectivity index (χ3v) is 1.55. The summed E-state index contributed by atoms with van der Waals surface area (Å²) in [6, 6.07) is 0.337. The van der Waals surface area contributed by atoms with Gasteiger partial charge in [0.1, 0.15) is 5.69 Å². The maximum atomic E-state index is 12.7. The standard InChI is InChI=1S/C7H3ClF3NO2/c8-6(14)4-5(13)2(9)1-3(12-4)7(10)11/h1,7,13H. The van der Waals surface area contributed by atoms with Gasteiger partial charge in [0.25, 0.3) is 11.7 Å². The molecule has 1 N–H and O–H groups in total. The van der Waals surface area contributed by atoms with Crippen molar-refractivity contribution in [3.05, 3.63) is 23.3 Å². The van der Waals surface area contributed by atoms with Crippen molar-refractivity contribution in [3.63, 3.8) is 0 Å². The Hall–Kier alpha value is -1.30. The third kappa shape index (κ3) is 1.95. The van der Waals surface area contributed by atoms with Crippen LogP contribution in [-0.2, 0) is 0 Å². The number of hydrogen-bond donors (Lipinski definition) is 1. The van der Waals surface area contributed by atoms with Gasteiger partial charge in [0.2, 0.25) is 0 Å². The molecule has 0 radical (unpaired) electrons. The van der Waals surface area contributed by atoms with Gasteiger partial charge < -0.3 is 5.11 Å². The van der Waals surface area contributed by atoms with E-state index in [0.717, 1.165) is 0 Å². The van der Waals surface area contributed by atoms with E-state index in [2.05, 4.69) is 4.98 Å². The Kier molecular flexibility index (Phi) is 2.95. The molecule has 0 bridgehead atoms. The van der Waals surface area contributed by atoms with E-state index in [-0.39, 0.29) is 0 Å². The van der Waals surface area contributed by atoms with Gasteiger partial charge in [0.15, 0.2) is 17.3 Å². The summed E-state index contributed by atoms with van der Waals surface area (Å²) in [5.41, 5.74) is -1.87. The molecule has 3 nitrogen and oxygen atoms in total. The lowest BCUT2D eigenvalue weighted by atomic mass is 10.3. The van der Waals surface area contributed by atoms with Gasteiger partial charge in [0.05, 0.1) is 0 Å². The molecule has 0 aliphatic heterocycles. The van der Waals surface area contributed by atoms with Crippen LogP contribution in [0.1, 0.15) is 22.6 Å². The fourth-order valence-electron chi connectivity index (χ4n) is 0.774. The van der Waals surface area contributed by atoms with Gasteiger partial charge >= 0.3 is 0 Å². The van der Waals surface area contributed by atoms with Gasteiger partial charge in [-0.15, -0.1) is 0 Å². The third-order valence-electron chi connectivity index (χ3n) is 1.38. The summed E-state index contributed by atoms with van der Waals surface area (Å²) in [7, 11) is 0. The molecule has 1 heterocycles. The SMILES string of the molecule is O=C(Cl)c1nc(C(F)F)cc(F)c1O. The molecule has 1 rings (SSSR count). The number of aromatic nitrogens is 1. The number of carbonyl (C=O) groups excluding carboxylic acids is 1. The van der Waals surface area contributed by atoms with Gasteiger partial charge in [-0.2, -0.15) is 0 Å². The molecule has 0 unspecified atom stereocenters. The molecular weight excluding hydrogens is 223 g/mol. The van der Waals surface area contributed by atoms with Crippen LogP contribution >= 0.6 is 11.6 Å². The zero-order valence-electron chi connectivity index (χ0n) is 6.47. The van der Waals surface area contributed by atoms with Crippen LogP contribution < -0.4 is 0 Å². The Labute approximate surface area is 81.1 Å². The lowest BCUT2D eigenvalue weighted by Crippen LogP contribution is -2.02. The first-order chi connectivity index (χ1) is 6.43. The Balaban J connectivity index is 3.35. The average molecular weight is 226 g/mol. The molecule has 0 fully saturated rings. The highest BCUT2D eigenvalue weighted by Crippen LogP contribution is 2.26. The number of aromatic hydroxyl groups is 1. The minimum Gasteiger partial charge on any atom is -0.503 e. The number of carbonyl (C=O) groups is 1. The molecule has 0 saturated heterocycles. The number of pyridine rings is 1. The van der Waals surface area contributed by atoms with Crippen molar-refractivity contribution in [2.45, 2.75) is 6.43 Å². The molecule has 76 valence electrons. The quantitative estimate of drug-likeness (QED) is 0.786. The molecule has 0 aromatic carbocycles. The molecule has 0 aliphatic carbocycles. The molecule has 14 heavy (non-hydrogen) atoms. The summed E-state index contributed by atoms with van der Waals surface area (Å²) < 4.78 is 36.8. The maximum absolute atomic E-state index is 12.7. The number of hydrogen-bond acceptors (Lipinski definition) is 3. The number of halogens is 4. The second-order valence-electron chi connectivity index (χ2n) is 2.30. The zero-order chi connectivity index (χ0) is 10.9. The van der Waals surface area contributed by atoms with Gasteiger partial charge in [-0.05, 0) is 11.6 Å². The Bertz CT molecular complexity index is 383. The van der Waals surface area contributed by atoms with Crippen molar-refractivity contribution in [1.82, 2.24) is 4.98 Å². The molecule has 7 heteroatoms. The largest absolute Gasteiger partial charge is 0.503 e. The summed E-state index contributed by atoms with van der Waals surface area (Å²) in [4.78, 5) is 13.5. The molecule has 1 aromatic rings. The van der Waals surface area contributed by atoms with Crippen LogP contribution in [0.4, 0.5) is 13.2 Å². The van der Waals surface area contributed by atoms with Crippen LogP contribution in [0, 0.1) is 5.82 Å². The lowest BCUT2D eigenvalue weighted by molar-refractivity contribution is 0.107. The van der Waals surface area contributed by atoms with Crippen LogP contribution in [-0.4, -0.2) is 15.3 Å². The van der Waals surface area contributed by atoms with E-state index < -0.39 is 34.6 Å². The molecule has 0 saturated carbocycles. The van der Waals surface area contributed by atoms with Crippen molar-refractivity contribution >= 4 is 16.8 Å². The van der Waals surface area contributed by atoms with Crippen molar-refractivity contribution in [1.29, 1.82) is 0 Å². The summed E-state index contributed by atoms with van der Waals surface area (Å²) in [6.07, 6.45) is -3.04. The van der Waals surface area contributed by atoms with E-state index in [1.54, 1.807) is 0 Å². The molecular formula is C7H3ClF3NO2. The molecule has 0 amide bonds. The van der Waals surface area contributed by atoms with Gasteiger partial charge in [0, 0.05) is 6.07 Å². The minimum absolute atomic E-state index is 0.337. The fraction of sp³-hybridized carbons (Fsp3) is 0.143.